The minimum atomic E-state index is -0.565. The second-order valence-corrected chi connectivity index (χ2v) is 7.62. The predicted octanol–water partition coefficient (Wildman–Crippen LogP) is 3.04. The minimum Gasteiger partial charge on any atom is -0.464 e. The van der Waals surface area contributed by atoms with Crippen molar-refractivity contribution in [3.05, 3.63) is 47.9 Å². The fourth-order valence-electron chi connectivity index (χ4n) is 4.29. The van der Waals surface area contributed by atoms with E-state index in [1.54, 1.807) is 11.2 Å². The molecule has 0 unspecified atom stereocenters. The second kappa shape index (κ2) is 9.64. The van der Waals surface area contributed by atoms with Crippen LogP contribution in [0.2, 0.25) is 0 Å². The largest absolute Gasteiger partial charge is 0.464 e. The fourth-order valence-corrected chi connectivity index (χ4v) is 4.29. The van der Waals surface area contributed by atoms with Gasteiger partial charge in [0.05, 0.1) is 19.5 Å². The summed E-state index contributed by atoms with van der Waals surface area (Å²) < 4.78 is 23.2. The summed E-state index contributed by atoms with van der Waals surface area (Å²) in [4.78, 5) is 14.9. The summed E-state index contributed by atoms with van der Waals surface area (Å²) >= 11 is 0. The number of nitrogens with zero attached hydrogens (tertiary/aromatic N) is 1. The molecule has 2 aromatic rings. The molecular weight excluding hydrogens is 386 g/mol. The predicted molar refractivity (Wildman–Crippen MR) is 111 cm³/mol. The van der Waals surface area contributed by atoms with Crippen molar-refractivity contribution in [2.75, 3.05) is 39.5 Å². The van der Waals surface area contributed by atoms with Crippen molar-refractivity contribution >= 4 is 16.9 Å². The van der Waals surface area contributed by atoms with Crippen molar-refractivity contribution in [3.8, 4) is 0 Å². The molecule has 7 nitrogen and oxygen atoms in total. The Hall–Kier alpha value is -2.35. The van der Waals surface area contributed by atoms with Gasteiger partial charge in [-0.25, -0.2) is 0 Å². The quantitative estimate of drug-likeness (QED) is 0.749. The number of amides is 1. The fraction of sp³-hybridized carbons (Fsp3) is 0.522. The van der Waals surface area contributed by atoms with Crippen LogP contribution in [0.25, 0.3) is 11.0 Å². The molecule has 1 aromatic heterocycles. The van der Waals surface area contributed by atoms with Crippen LogP contribution in [-0.4, -0.2) is 61.7 Å². The molecule has 2 aliphatic rings. The highest BCUT2D eigenvalue weighted by atomic mass is 16.7. The number of allylic oxidation sites excluding steroid dienone is 1. The van der Waals surface area contributed by atoms with Gasteiger partial charge < -0.3 is 28.6 Å². The molecule has 1 amide bonds. The van der Waals surface area contributed by atoms with Crippen molar-refractivity contribution in [1.29, 1.82) is 0 Å². The van der Waals surface area contributed by atoms with Crippen molar-refractivity contribution in [2.45, 2.75) is 32.0 Å². The molecule has 4 rings (SSSR count). The van der Waals surface area contributed by atoms with Gasteiger partial charge in [-0.05, 0) is 31.9 Å². The van der Waals surface area contributed by atoms with E-state index in [-0.39, 0.29) is 24.3 Å². The summed E-state index contributed by atoms with van der Waals surface area (Å²) in [6.07, 6.45) is 4.45. The molecule has 3 atom stereocenters. The Bertz CT molecular complexity index is 885. The van der Waals surface area contributed by atoms with E-state index in [4.69, 9.17) is 18.6 Å². The van der Waals surface area contributed by atoms with Crippen molar-refractivity contribution in [2.24, 2.45) is 5.92 Å². The highest BCUT2D eigenvalue weighted by molar-refractivity contribution is 5.92. The number of benzene rings is 1. The van der Waals surface area contributed by atoms with Gasteiger partial charge in [0.1, 0.15) is 5.58 Å². The molecular formula is C23H29NO6. The van der Waals surface area contributed by atoms with Crippen LogP contribution in [0, 0.1) is 5.92 Å². The average molecular weight is 415 g/mol. The number of aliphatic hydroxyl groups is 1. The first-order valence-electron chi connectivity index (χ1n) is 10.7. The van der Waals surface area contributed by atoms with Crippen LogP contribution < -0.4 is 0 Å². The molecule has 7 heteroatoms. The molecule has 1 N–H and O–H groups in total. The zero-order valence-electron chi connectivity index (χ0n) is 17.3. The average Bonchev–Trinajstić information content (AvgIpc) is 3.22. The van der Waals surface area contributed by atoms with E-state index in [0.717, 1.165) is 16.5 Å². The summed E-state index contributed by atoms with van der Waals surface area (Å²) in [7, 11) is 0. The van der Waals surface area contributed by atoms with Crippen LogP contribution in [-0.2, 0) is 19.0 Å². The van der Waals surface area contributed by atoms with Gasteiger partial charge in [0, 0.05) is 49.1 Å². The maximum atomic E-state index is 13.2. The summed E-state index contributed by atoms with van der Waals surface area (Å²) in [5.74, 6) is 0.0112. The number of furan rings is 1. The Morgan fingerprint density at radius 1 is 1.27 bits per heavy atom. The van der Waals surface area contributed by atoms with Crippen LogP contribution in [0.4, 0.5) is 0 Å². The maximum Gasteiger partial charge on any atom is 0.288 e. The van der Waals surface area contributed by atoms with Crippen LogP contribution in [0.1, 0.15) is 31.2 Å². The zero-order chi connectivity index (χ0) is 20.9. The monoisotopic (exact) mass is 415 g/mol. The minimum absolute atomic E-state index is 0.0423. The number of carbonyl (C=O) groups is 1. The van der Waals surface area contributed by atoms with Gasteiger partial charge in [0.25, 0.3) is 5.91 Å². The van der Waals surface area contributed by atoms with Crippen molar-refractivity contribution in [1.82, 2.24) is 4.90 Å². The van der Waals surface area contributed by atoms with Crippen LogP contribution in [0.5, 0.6) is 0 Å². The van der Waals surface area contributed by atoms with Crippen LogP contribution >= 0.6 is 0 Å². The molecule has 3 heterocycles. The molecule has 0 saturated carbocycles. The lowest BCUT2D eigenvalue weighted by atomic mass is 9.80. The van der Waals surface area contributed by atoms with Gasteiger partial charge >= 0.3 is 0 Å². The van der Waals surface area contributed by atoms with E-state index in [9.17, 15) is 9.90 Å². The van der Waals surface area contributed by atoms with Gasteiger partial charge in [-0.1, -0.05) is 18.2 Å². The molecule has 2 aliphatic heterocycles. The van der Waals surface area contributed by atoms with Crippen LogP contribution in [0.15, 0.2) is 46.8 Å². The van der Waals surface area contributed by atoms with E-state index in [1.807, 2.05) is 37.3 Å². The Labute approximate surface area is 176 Å². The number of morpholine rings is 1. The molecule has 0 radical (unpaired) electrons. The Kier molecular flexibility index (Phi) is 6.72. The first kappa shape index (κ1) is 20.9. The van der Waals surface area contributed by atoms with Gasteiger partial charge in [-0.3, -0.25) is 4.79 Å². The zero-order valence-corrected chi connectivity index (χ0v) is 17.3. The van der Waals surface area contributed by atoms with E-state index in [0.29, 0.717) is 51.5 Å². The lowest BCUT2D eigenvalue weighted by Crippen LogP contribution is -2.44. The maximum absolute atomic E-state index is 13.2. The van der Waals surface area contributed by atoms with Gasteiger partial charge in [0.15, 0.2) is 5.76 Å². The number of ether oxygens (including phenoxy) is 3. The Morgan fingerprint density at radius 3 is 2.83 bits per heavy atom. The van der Waals surface area contributed by atoms with Gasteiger partial charge in [0.2, 0.25) is 6.29 Å². The smallest absolute Gasteiger partial charge is 0.288 e. The third-order valence-corrected chi connectivity index (χ3v) is 5.79. The second-order valence-electron chi connectivity index (χ2n) is 7.62. The van der Waals surface area contributed by atoms with Gasteiger partial charge in [-0.15, -0.1) is 0 Å². The molecule has 1 fully saturated rings. The van der Waals surface area contributed by atoms with Crippen molar-refractivity contribution in [3.63, 3.8) is 0 Å². The molecule has 0 aliphatic carbocycles. The standard InChI is InChI=1S/C23H29NO6/c1-2-28-23-17(7-5-11-25)18(19-15-29-20-8-4-3-6-16(19)20)14-21(30-23)22(26)24-9-12-27-13-10-24/h3-4,6,8,14-15,17-18,23,25H,2,5,7,9-13H2,1H3/t17-,18+,23-/m0/s1. The Balaban J connectivity index is 1.73. The van der Waals surface area contributed by atoms with E-state index < -0.39 is 6.29 Å². The third kappa shape index (κ3) is 4.24. The lowest BCUT2D eigenvalue weighted by Gasteiger charge is -2.38. The summed E-state index contributed by atoms with van der Waals surface area (Å²) in [5, 5.41) is 10.4. The molecule has 1 saturated heterocycles. The van der Waals surface area contributed by atoms with E-state index >= 15 is 0 Å². The molecule has 1 aromatic carbocycles. The number of para-hydroxylation sites is 1. The number of fused-ring (bicyclic) bond motifs is 1. The number of hydrogen-bond donors (Lipinski definition) is 1. The van der Waals surface area contributed by atoms with E-state index in [2.05, 4.69) is 0 Å². The highest BCUT2D eigenvalue weighted by Gasteiger charge is 2.40. The SMILES string of the molecule is CCO[C@H]1OC(C(=O)N2CCOCC2)=C[C@@H](c2coc3ccccc23)[C@@H]1CCCO. The lowest BCUT2D eigenvalue weighted by molar-refractivity contribution is -0.171. The number of hydrogen-bond acceptors (Lipinski definition) is 6. The topological polar surface area (TPSA) is 81.4 Å². The Morgan fingerprint density at radius 2 is 2.07 bits per heavy atom. The molecule has 162 valence electrons. The first-order chi connectivity index (χ1) is 14.7. The number of rotatable bonds is 7. The molecule has 0 spiro atoms. The van der Waals surface area contributed by atoms with Crippen LogP contribution in [0.3, 0.4) is 0 Å². The number of carbonyl (C=O) groups excluding carboxylic acids is 1. The highest BCUT2D eigenvalue weighted by Crippen LogP contribution is 2.42. The summed E-state index contributed by atoms with van der Waals surface area (Å²) in [6, 6.07) is 7.88. The van der Waals surface area contributed by atoms with Crippen molar-refractivity contribution < 1.29 is 28.5 Å². The molecule has 0 bridgehead atoms. The molecule has 30 heavy (non-hydrogen) atoms. The third-order valence-electron chi connectivity index (χ3n) is 5.79. The number of aliphatic hydroxyl groups excluding tert-OH is 1. The normalized spacial score (nSPS) is 24.5. The summed E-state index contributed by atoms with van der Waals surface area (Å²) in [5.41, 5.74) is 1.82. The summed E-state index contributed by atoms with van der Waals surface area (Å²) in [6.45, 7) is 4.63. The van der Waals surface area contributed by atoms with Gasteiger partial charge in [-0.2, -0.15) is 0 Å². The van der Waals surface area contributed by atoms with E-state index in [1.165, 1.54) is 0 Å². The first-order valence-corrected chi connectivity index (χ1v) is 10.7.